The number of carboxylic acid groups (broad SMARTS) is 1. The van der Waals surface area contributed by atoms with Crippen LogP contribution in [0.15, 0.2) is 23.1 Å². The fourth-order valence-corrected chi connectivity index (χ4v) is 3.52. The van der Waals surface area contributed by atoms with E-state index in [1.807, 2.05) is 0 Å². The first-order chi connectivity index (χ1) is 8.64. The zero-order valence-electron chi connectivity index (χ0n) is 10.4. The molecule has 0 bridgehead atoms. The van der Waals surface area contributed by atoms with Crippen LogP contribution >= 0.6 is 11.8 Å². The Balaban J connectivity index is 2.38. The van der Waals surface area contributed by atoms with Crippen LogP contribution in [0.1, 0.15) is 25.0 Å². The molecule has 1 aromatic rings. The summed E-state index contributed by atoms with van der Waals surface area (Å²) >= 11 is 1.22. The van der Waals surface area contributed by atoms with Gasteiger partial charge in [-0.1, -0.05) is 6.07 Å². The number of halogens is 3. The minimum Gasteiger partial charge on any atom is -0.481 e. The molecule has 104 valence electrons. The van der Waals surface area contributed by atoms with Crippen LogP contribution in [0.3, 0.4) is 0 Å². The predicted molar refractivity (Wildman–Crippen MR) is 66.2 cm³/mol. The number of carbonyl (C=O) groups is 1. The maximum Gasteiger partial charge on any atom is 0.416 e. The van der Waals surface area contributed by atoms with E-state index in [0.717, 1.165) is 6.07 Å². The van der Waals surface area contributed by atoms with E-state index in [2.05, 4.69) is 0 Å². The third kappa shape index (κ3) is 2.45. The molecule has 1 N–H and O–H groups in total. The molecule has 0 saturated carbocycles. The summed E-state index contributed by atoms with van der Waals surface area (Å²) in [6.45, 7) is 3.10. The number of hydrogen-bond acceptors (Lipinski definition) is 2. The monoisotopic (exact) mass is 290 g/mol. The third-order valence-electron chi connectivity index (χ3n) is 3.45. The van der Waals surface area contributed by atoms with Gasteiger partial charge in [0.05, 0.1) is 11.0 Å². The highest BCUT2D eigenvalue weighted by atomic mass is 32.2. The second-order valence-electron chi connectivity index (χ2n) is 5.12. The number of thioether (sulfide) groups is 1. The summed E-state index contributed by atoms with van der Waals surface area (Å²) in [7, 11) is 0. The largest absolute Gasteiger partial charge is 0.481 e. The zero-order valence-corrected chi connectivity index (χ0v) is 11.2. The van der Waals surface area contributed by atoms with Crippen molar-refractivity contribution in [3.63, 3.8) is 0 Å². The first-order valence-corrected chi connectivity index (χ1v) is 6.61. The number of carboxylic acids is 1. The molecular formula is C13H13F3O2S. The first-order valence-electron chi connectivity index (χ1n) is 5.73. The van der Waals surface area contributed by atoms with Crippen molar-refractivity contribution in [3.8, 4) is 0 Å². The lowest BCUT2D eigenvalue weighted by molar-refractivity contribution is -0.146. The highest BCUT2D eigenvalue weighted by Crippen LogP contribution is 2.48. The van der Waals surface area contributed by atoms with E-state index in [0.29, 0.717) is 4.90 Å². The van der Waals surface area contributed by atoms with Crippen molar-refractivity contribution >= 4 is 17.7 Å². The summed E-state index contributed by atoms with van der Waals surface area (Å²) in [5, 5.41) is 8.79. The molecule has 0 saturated heterocycles. The minimum atomic E-state index is -4.39. The lowest BCUT2D eigenvalue weighted by Gasteiger charge is -2.25. The average molecular weight is 290 g/mol. The van der Waals surface area contributed by atoms with Crippen molar-refractivity contribution in [2.24, 2.45) is 5.41 Å². The normalized spacial score (nSPS) is 19.3. The Hall–Kier alpha value is -1.17. The first kappa shape index (κ1) is 14.2. The molecule has 1 heterocycles. The number of aliphatic carboxylic acids is 1. The Kier molecular flexibility index (Phi) is 3.33. The number of fused-ring (bicyclic) bond motifs is 1. The highest BCUT2D eigenvalue weighted by Gasteiger charge is 2.44. The van der Waals surface area contributed by atoms with Crippen molar-refractivity contribution in [2.45, 2.75) is 36.6 Å². The van der Waals surface area contributed by atoms with E-state index in [4.69, 9.17) is 0 Å². The molecule has 2 rings (SSSR count). The maximum atomic E-state index is 12.9. The minimum absolute atomic E-state index is 0.134. The Bertz CT molecular complexity index is 523. The summed E-state index contributed by atoms with van der Waals surface area (Å²) in [5.41, 5.74) is -1.49. The SMILES string of the molecule is CC(C)(C(=O)O)C1Cc2c(cccc2C(F)(F)F)S1. The molecule has 1 atom stereocenters. The van der Waals surface area contributed by atoms with Crippen LogP contribution in [0, 0.1) is 5.41 Å². The van der Waals surface area contributed by atoms with Gasteiger partial charge in [0, 0.05) is 10.1 Å². The molecule has 1 unspecified atom stereocenters. The van der Waals surface area contributed by atoms with Crippen LogP contribution in [0.5, 0.6) is 0 Å². The average Bonchev–Trinajstić information content (AvgIpc) is 2.70. The van der Waals surface area contributed by atoms with Gasteiger partial charge in [0.25, 0.3) is 0 Å². The van der Waals surface area contributed by atoms with Gasteiger partial charge in [-0.3, -0.25) is 4.79 Å². The van der Waals surface area contributed by atoms with Crippen molar-refractivity contribution in [1.29, 1.82) is 0 Å². The molecule has 0 amide bonds. The molecule has 2 nitrogen and oxygen atoms in total. The van der Waals surface area contributed by atoms with Gasteiger partial charge in [-0.2, -0.15) is 13.2 Å². The van der Waals surface area contributed by atoms with Crippen LogP contribution in [0.4, 0.5) is 13.2 Å². The molecule has 0 spiro atoms. The molecule has 0 aliphatic carbocycles. The van der Waals surface area contributed by atoms with Crippen LogP contribution in [0.2, 0.25) is 0 Å². The zero-order chi connectivity index (χ0) is 14.4. The molecule has 6 heteroatoms. The molecule has 0 radical (unpaired) electrons. The summed E-state index contributed by atoms with van der Waals surface area (Å²) in [5.74, 6) is -0.994. The summed E-state index contributed by atoms with van der Waals surface area (Å²) < 4.78 is 38.7. The van der Waals surface area contributed by atoms with Gasteiger partial charge in [-0.25, -0.2) is 0 Å². The Morgan fingerprint density at radius 1 is 1.37 bits per heavy atom. The number of alkyl halides is 3. The van der Waals surface area contributed by atoms with Crippen LogP contribution < -0.4 is 0 Å². The van der Waals surface area contributed by atoms with Gasteiger partial charge in [0.1, 0.15) is 0 Å². The second-order valence-corrected chi connectivity index (χ2v) is 6.36. The standard InChI is InChI=1S/C13H13F3O2S/c1-12(2,11(17)18)10-6-7-8(13(14,15)16)4-3-5-9(7)19-10/h3-5,10H,6H2,1-2H3,(H,17,18). The second kappa shape index (κ2) is 4.44. The van der Waals surface area contributed by atoms with E-state index in [-0.39, 0.29) is 17.2 Å². The smallest absolute Gasteiger partial charge is 0.416 e. The fraction of sp³-hybridized carbons (Fsp3) is 0.462. The van der Waals surface area contributed by atoms with E-state index < -0.39 is 23.1 Å². The summed E-state index contributed by atoms with van der Waals surface area (Å²) in [4.78, 5) is 11.7. The van der Waals surface area contributed by atoms with Gasteiger partial charge in [-0.15, -0.1) is 11.8 Å². The molecule has 0 aromatic heterocycles. The van der Waals surface area contributed by atoms with E-state index in [1.54, 1.807) is 19.9 Å². The van der Waals surface area contributed by atoms with Gasteiger partial charge in [-0.05, 0) is 38.0 Å². The van der Waals surface area contributed by atoms with Gasteiger partial charge in [0.15, 0.2) is 0 Å². The lowest BCUT2D eigenvalue weighted by atomic mass is 9.85. The number of rotatable bonds is 2. The van der Waals surface area contributed by atoms with Crippen molar-refractivity contribution in [1.82, 2.24) is 0 Å². The summed E-state index contributed by atoms with van der Waals surface area (Å²) in [6, 6.07) is 4.04. The Labute approximate surface area is 113 Å². The van der Waals surface area contributed by atoms with Crippen molar-refractivity contribution in [3.05, 3.63) is 29.3 Å². The van der Waals surface area contributed by atoms with Crippen molar-refractivity contribution in [2.75, 3.05) is 0 Å². The van der Waals surface area contributed by atoms with Crippen molar-refractivity contribution < 1.29 is 23.1 Å². The number of benzene rings is 1. The maximum absolute atomic E-state index is 12.9. The molecule has 0 fully saturated rings. The predicted octanol–water partition coefficient (Wildman–Crippen LogP) is 3.83. The van der Waals surface area contributed by atoms with Gasteiger partial charge >= 0.3 is 12.1 Å². The molecule has 19 heavy (non-hydrogen) atoms. The lowest BCUT2D eigenvalue weighted by Crippen LogP contribution is -2.35. The van der Waals surface area contributed by atoms with E-state index in [9.17, 15) is 23.1 Å². The van der Waals surface area contributed by atoms with Crippen LogP contribution in [0.25, 0.3) is 0 Å². The Morgan fingerprint density at radius 3 is 2.53 bits per heavy atom. The fourth-order valence-electron chi connectivity index (χ4n) is 2.07. The van der Waals surface area contributed by atoms with E-state index in [1.165, 1.54) is 17.8 Å². The van der Waals surface area contributed by atoms with E-state index >= 15 is 0 Å². The molecular weight excluding hydrogens is 277 g/mol. The van der Waals surface area contributed by atoms with Crippen LogP contribution in [-0.2, 0) is 17.4 Å². The molecule has 1 aliphatic rings. The Morgan fingerprint density at radius 2 is 2.00 bits per heavy atom. The topological polar surface area (TPSA) is 37.3 Å². The molecule has 1 aromatic carbocycles. The third-order valence-corrected chi connectivity index (χ3v) is 5.13. The van der Waals surface area contributed by atoms with Gasteiger partial charge < -0.3 is 5.11 Å². The van der Waals surface area contributed by atoms with Gasteiger partial charge in [0.2, 0.25) is 0 Å². The number of hydrogen-bond donors (Lipinski definition) is 1. The quantitative estimate of drug-likeness (QED) is 0.899. The highest BCUT2D eigenvalue weighted by molar-refractivity contribution is 8.00. The molecule has 1 aliphatic heterocycles. The van der Waals surface area contributed by atoms with Crippen LogP contribution in [-0.4, -0.2) is 16.3 Å². The summed E-state index contributed by atoms with van der Waals surface area (Å²) in [6.07, 6.45) is -4.26.